The number of carbonyl (C=O) groups excluding carboxylic acids is 1. The molecule has 7 nitrogen and oxygen atoms in total. The van der Waals surface area contributed by atoms with Crippen molar-refractivity contribution in [2.24, 2.45) is 5.92 Å². The lowest BCUT2D eigenvalue weighted by atomic mass is 10.00. The number of morpholine rings is 1. The van der Waals surface area contributed by atoms with E-state index in [1.165, 1.54) is 12.4 Å². The van der Waals surface area contributed by atoms with Gasteiger partial charge in [-0.3, -0.25) is 9.89 Å². The van der Waals surface area contributed by atoms with Crippen molar-refractivity contribution in [3.05, 3.63) is 112 Å². The molecule has 232 valence electrons. The Labute approximate surface area is 272 Å². The molecule has 11 heteroatoms. The minimum absolute atomic E-state index is 0.00741. The Hall–Kier alpha value is -3.11. The van der Waals surface area contributed by atoms with E-state index in [4.69, 9.17) is 27.9 Å². The first-order valence-corrected chi connectivity index (χ1v) is 16.3. The number of nitrogens with one attached hydrogen (secondary N) is 1. The molecule has 0 radical (unpaired) electrons. The van der Waals surface area contributed by atoms with Crippen molar-refractivity contribution in [2.75, 3.05) is 24.1 Å². The van der Waals surface area contributed by atoms with Crippen molar-refractivity contribution >= 4 is 46.7 Å². The number of hydrogen-bond acceptors (Lipinski definition) is 6. The molecule has 44 heavy (non-hydrogen) atoms. The molecule has 3 fully saturated rings. The number of aromatic nitrogens is 3. The maximum Gasteiger partial charge on any atom is 0.249 e. The second-order valence-corrected chi connectivity index (χ2v) is 13.2. The second-order valence-electron chi connectivity index (χ2n) is 11.0. The van der Waals surface area contributed by atoms with Crippen LogP contribution in [0.3, 0.4) is 0 Å². The SMILES string of the molecule is Cc1ncn[nH]1.Clc1ccccc1.O=C1COCC(c2ccc(Cl)cc2)N1C(CN(SC1CC1)c1ccccc1F)C1CC1. The zero-order valence-electron chi connectivity index (χ0n) is 24.5. The molecule has 1 saturated heterocycles. The molecule has 1 amide bonds. The van der Waals surface area contributed by atoms with E-state index >= 15 is 0 Å². The zero-order chi connectivity index (χ0) is 30.9. The quantitative estimate of drug-likeness (QED) is 0.194. The fourth-order valence-corrected chi connectivity index (χ4v) is 6.42. The van der Waals surface area contributed by atoms with Gasteiger partial charge in [0.05, 0.1) is 30.9 Å². The summed E-state index contributed by atoms with van der Waals surface area (Å²) in [5.74, 6) is 1.08. The van der Waals surface area contributed by atoms with Crippen molar-refractivity contribution in [3.63, 3.8) is 0 Å². The van der Waals surface area contributed by atoms with Crippen LogP contribution in [0, 0.1) is 18.7 Å². The predicted octanol–water partition coefficient (Wildman–Crippen LogP) is 7.93. The van der Waals surface area contributed by atoms with Gasteiger partial charge >= 0.3 is 0 Å². The number of aromatic amines is 1. The zero-order valence-corrected chi connectivity index (χ0v) is 26.8. The number of carbonyl (C=O) groups is 1. The number of aryl methyl sites for hydroxylation is 1. The van der Waals surface area contributed by atoms with Gasteiger partial charge in [0.1, 0.15) is 24.6 Å². The molecule has 2 aliphatic carbocycles. The monoisotopic (exact) mass is 655 g/mol. The minimum atomic E-state index is -0.215. The number of amides is 1. The molecule has 2 heterocycles. The molecule has 2 saturated carbocycles. The fourth-order valence-electron chi connectivity index (χ4n) is 4.95. The first-order valence-electron chi connectivity index (χ1n) is 14.7. The third kappa shape index (κ3) is 9.44. The van der Waals surface area contributed by atoms with Gasteiger partial charge in [0.25, 0.3) is 0 Å². The summed E-state index contributed by atoms with van der Waals surface area (Å²) >= 11 is 13.3. The molecule has 3 aromatic carbocycles. The molecular weight excluding hydrogens is 620 g/mol. The van der Waals surface area contributed by atoms with Crippen LogP contribution in [0.1, 0.15) is 43.1 Å². The number of hydrogen-bond donors (Lipinski definition) is 1. The average Bonchev–Trinajstić information content (AvgIpc) is 3.97. The van der Waals surface area contributed by atoms with Crippen molar-refractivity contribution in [1.82, 2.24) is 20.1 Å². The molecule has 1 aliphatic heterocycles. The Balaban J connectivity index is 0.000000243. The van der Waals surface area contributed by atoms with Crippen LogP contribution in [-0.4, -0.2) is 57.0 Å². The summed E-state index contributed by atoms with van der Waals surface area (Å²) in [5.41, 5.74) is 1.63. The third-order valence-corrected chi connectivity index (χ3v) is 9.32. The molecule has 2 unspecified atom stereocenters. The molecule has 7 rings (SSSR count). The number of nitrogens with zero attached hydrogens (tertiary/aromatic N) is 4. The smallest absolute Gasteiger partial charge is 0.249 e. The summed E-state index contributed by atoms with van der Waals surface area (Å²) in [7, 11) is 0. The van der Waals surface area contributed by atoms with Crippen molar-refractivity contribution in [2.45, 2.75) is 49.9 Å². The van der Waals surface area contributed by atoms with Gasteiger partial charge in [0.2, 0.25) is 5.91 Å². The molecule has 4 aromatic rings. The first kappa shape index (κ1) is 32.3. The van der Waals surface area contributed by atoms with Crippen LogP contribution in [0.15, 0.2) is 85.2 Å². The topological polar surface area (TPSA) is 74.3 Å². The van der Waals surface area contributed by atoms with Crippen LogP contribution in [0.5, 0.6) is 0 Å². The van der Waals surface area contributed by atoms with E-state index in [-0.39, 0.29) is 30.4 Å². The number of halogens is 3. The molecule has 3 aliphatic rings. The van der Waals surface area contributed by atoms with Crippen molar-refractivity contribution in [3.8, 4) is 0 Å². The van der Waals surface area contributed by atoms with Gasteiger partial charge < -0.3 is 13.9 Å². The largest absolute Gasteiger partial charge is 0.369 e. The van der Waals surface area contributed by atoms with Crippen LogP contribution in [0.2, 0.25) is 10.0 Å². The lowest BCUT2D eigenvalue weighted by molar-refractivity contribution is -0.152. The highest BCUT2D eigenvalue weighted by atomic mass is 35.5. The number of para-hydroxylation sites is 1. The van der Waals surface area contributed by atoms with E-state index in [2.05, 4.69) is 19.5 Å². The van der Waals surface area contributed by atoms with Crippen LogP contribution in [0.25, 0.3) is 0 Å². The van der Waals surface area contributed by atoms with Crippen LogP contribution < -0.4 is 4.31 Å². The van der Waals surface area contributed by atoms with Gasteiger partial charge in [-0.25, -0.2) is 9.37 Å². The van der Waals surface area contributed by atoms with Crippen LogP contribution in [-0.2, 0) is 9.53 Å². The number of anilines is 1. The van der Waals surface area contributed by atoms with E-state index in [0.717, 1.165) is 42.1 Å². The maximum atomic E-state index is 14.7. The molecule has 2 atom stereocenters. The Kier molecular flexibility index (Phi) is 11.6. The average molecular weight is 657 g/mol. The third-order valence-electron chi connectivity index (χ3n) is 7.45. The molecule has 1 N–H and O–H groups in total. The van der Waals surface area contributed by atoms with Gasteiger partial charge in [0.15, 0.2) is 0 Å². The summed E-state index contributed by atoms with van der Waals surface area (Å²) in [5, 5.41) is 8.22. The molecular formula is C33H36Cl2FN5O2S. The maximum absolute atomic E-state index is 14.7. The summed E-state index contributed by atoms with van der Waals surface area (Å²) in [6.45, 7) is 3.03. The van der Waals surface area contributed by atoms with E-state index in [0.29, 0.717) is 35.0 Å². The number of H-pyrrole nitrogens is 1. The number of ether oxygens (including phenoxy) is 1. The number of benzene rings is 3. The van der Waals surface area contributed by atoms with E-state index in [1.807, 2.05) is 78.6 Å². The highest BCUT2D eigenvalue weighted by Crippen LogP contribution is 2.44. The van der Waals surface area contributed by atoms with E-state index in [9.17, 15) is 9.18 Å². The van der Waals surface area contributed by atoms with Crippen LogP contribution >= 0.6 is 35.1 Å². The summed E-state index contributed by atoms with van der Waals surface area (Å²) in [4.78, 5) is 18.9. The summed E-state index contributed by atoms with van der Waals surface area (Å²) < 4.78 is 22.4. The van der Waals surface area contributed by atoms with Gasteiger partial charge in [-0.05, 0) is 92.4 Å². The fraction of sp³-hybridized carbons (Fsp3) is 0.364. The highest BCUT2D eigenvalue weighted by Gasteiger charge is 2.44. The molecule has 0 spiro atoms. The Morgan fingerprint density at radius 3 is 2.23 bits per heavy atom. The standard InChI is InChI=1S/C24H26ClFN2O2S.C6H5Cl.C3H5N3/c25-18-9-7-17(8-10-18)23-14-30-15-24(29)28(23)22(16-5-6-16)13-27(31-19-11-12-19)21-4-2-1-3-20(21)26;7-6-4-2-1-3-5-6;1-3-4-2-5-6-3/h1-4,7-10,16,19,22-23H,5-6,11-15H2;1-5H;2H,1H3,(H,4,5,6). The number of rotatable bonds is 8. The lowest BCUT2D eigenvalue weighted by Gasteiger charge is -2.43. The summed E-state index contributed by atoms with van der Waals surface area (Å²) in [6, 6.07) is 23.9. The van der Waals surface area contributed by atoms with Gasteiger partial charge in [0, 0.05) is 15.3 Å². The molecule has 0 bridgehead atoms. The van der Waals surface area contributed by atoms with E-state index < -0.39 is 0 Å². The predicted molar refractivity (Wildman–Crippen MR) is 175 cm³/mol. The minimum Gasteiger partial charge on any atom is -0.369 e. The summed E-state index contributed by atoms with van der Waals surface area (Å²) in [6.07, 6.45) is 6.00. The lowest BCUT2D eigenvalue weighted by Crippen LogP contribution is -2.53. The normalized spacial score (nSPS) is 18.4. The highest BCUT2D eigenvalue weighted by molar-refractivity contribution is 8.01. The first-order chi connectivity index (χ1) is 21.4. The van der Waals surface area contributed by atoms with Gasteiger partial charge in [-0.15, -0.1) is 0 Å². The van der Waals surface area contributed by atoms with E-state index in [1.54, 1.807) is 18.0 Å². The van der Waals surface area contributed by atoms with Crippen molar-refractivity contribution < 1.29 is 13.9 Å². The second kappa shape index (κ2) is 15.8. The Morgan fingerprint density at radius 2 is 1.68 bits per heavy atom. The van der Waals surface area contributed by atoms with Gasteiger partial charge in [-0.1, -0.05) is 65.7 Å². The van der Waals surface area contributed by atoms with Crippen LogP contribution in [0.4, 0.5) is 10.1 Å². The molecule has 1 aromatic heterocycles. The Morgan fingerprint density at radius 1 is 1.00 bits per heavy atom. The van der Waals surface area contributed by atoms with Gasteiger partial charge in [-0.2, -0.15) is 5.10 Å². The Bertz CT molecular complexity index is 1460. The van der Waals surface area contributed by atoms with Crippen molar-refractivity contribution in [1.29, 1.82) is 0 Å².